The van der Waals surface area contributed by atoms with Crippen molar-refractivity contribution in [3.8, 4) is 16.9 Å². The molecule has 0 radical (unpaired) electrons. The first kappa shape index (κ1) is 17.8. The normalized spacial score (nSPS) is 11.3. The van der Waals surface area contributed by atoms with Crippen molar-refractivity contribution in [3.63, 3.8) is 0 Å². The molecule has 0 spiro atoms. The van der Waals surface area contributed by atoms with Gasteiger partial charge in [0.2, 0.25) is 0 Å². The zero-order chi connectivity index (χ0) is 19.0. The lowest BCUT2D eigenvalue weighted by molar-refractivity contribution is 0.299. The van der Waals surface area contributed by atoms with Gasteiger partial charge in [-0.1, -0.05) is 23.4 Å². The highest BCUT2D eigenvalue weighted by Gasteiger charge is 2.17. The minimum absolute atomic E-state index is 0.573. The summed E-state index contributed by atoms with van der Waals surface area (Å²) in [6, 6.07) is 14.1. The van der Waals surface area contributed by atoms with Crippen LogP contribution in [0, 0.1) is 20.8 Å². The van der Waals surface area contributed by atoms with E-state index >= 15 is 0 Å². The molecule has 5 nitrogen and oxygen atoms in total. The summed E-state index contributed by atoms with van der Waals surface area (Å²) in [7, 11) is 0. The smallest absolute Gasteiger partial charge is 0.141 e. The number of aryl methyl sites for hydroxylation is 3. The van der Waals surface area contributed by atoms with E-state index in [1.54, 1.807) is 0 Å². The average Bonchev–Trinajstić information content (AvgIpc) is 3.15. The molecule has 2 heterocycles. The van der Waals surface area contributed by atoms with Crippen LogP contribution in [0.15, 0.2) is 51.5 Å². The van der Waals surface area contributed by atoms with Crippen molar-refractivity contribution < 1.29 is 9.26 Å². The second-order valence-electron chi connectivity index (χ2n) is 6.50. The van der Waals surface area contributed by atoms with E-state index in [0.29, 0.717) is 13.2 Å². The summed E-state index contributed by atoms with van der Waals surface area (Å²) in [5.74, 6) is 2.64. The van der Waals surface area contributed by atoms with E-state index in [2.05, 4.69) is 37.8 Å². The zero-order valence-corrected chi connectivity index (χ0v) is 17.1. The van der Waals surface area contributed by atoms with Gasteiger partial charge in [0.1, 0.15) is 29.5 Å². The summed E-state index contributed by atoms with van der Waals surface area (Å²) in [4.78, 5) is 4.73. The van der Waals surface area contributed by atoms with Crippen molar-refractivity contribution >= 4 is 27.0 Å². The van der Waals surface area contributed by atoms with Crippen LogP contribution in [-0.4, -0.2) is 21.3 Å². The number of rotatable bonds is 5. The zero-order valence-electron chi connectivity index (χ0n) is 15.5. The number of imidazole rings is 1. The van der Waals surface area contributed by atoms with Gasteiger partial charge >= 0.3 is 0 Å². The third kappa shape index (κ3) is 3.37. The van der Waals surface area contributed by atoms with Crippen molar-refractivity contribution in [2.24, 2.45) is 0 Å². The fourth-order valence-corrected chi connectivity index (χ4v) is 3.93. The van der Waals surface area contributed by atoms with Crippen molar-refractivity contribution in [3.05, 3.63) is 64.2 Å². The van der Waals surface area contributed by atoms with Crippen LogP contribution < -0.4 is 4.74 Å². The Morgan fingerprint density at radius 3 is 2.59 bits per heavy atom. The summed E-state index contributed by atoms with van der Waals surface area (Å²) in [6.07, 6.45) is 0. The lowest BCUT2D eigenvalue weighted by Crippen LogP contribution is -2.09. The first-order chi connectivity index (χ1) is 13.0. The fraction of sp³-hybridized carbons (Fsp3) is 0.238. The molecule has 6 heteroatoms. The number of hydrogen-bond acceptors (Lipinski definition) is 4. The summed E-state index contributed by atoms with van der Waals surface area (Å²) >= 11 is 3.68. The SMILES string of the molecule is Cc1noc(C)c1-c1cc(Br)c2nc(C)n(CCOc3ccccc3)c2c1. The van der Waals surface area contributed by atoms with Gasteiger partial charge in [-0.2, -0.15) is 0 Å². The molecule has 0 N–H and O–H groups in total. The highest BCUT2D eigenvalue weighted by atomic mass is 79.9. The quantitative estimate of drug-likeness (QED) is 0.426. The van der Waals surface area contributed by atoms with Gasteiger partial charge in [-0.05, 0) is 66.5 Å². The molecule has 2 aromatic carbocycles. The van der Waals surface area contributed by atoms with Gasteiger partial charge in [-0.25, -0.2) is 4.98 Å². The number of nitrogens with zero attached hydrogens (tertiary/aromatic N) is 3. The van der Waals surface area contributed by atoms with Gasteiger partial charge in [0.15, 0.2) is 0 Å². The molecular weight excluding hydrogens is 406 g/mol. The Bertz CT molecular complexity index is 1080. The van der Waals surface area contributed by atoms with Crippen molar-refractivity contribution in [1.82, 2.24) is 14.7 Å². The average molecular weight is 426 g/mol. The molecule has 0 fully saturated rings. The Labute approximate surface area is 166 Å². The third-order valence-electron chi connectivity index (χ3n) is 4.65. The van der Waals surface area contributed by atoms with Crippen LogP contribution in [0.2, 0.25) is 0 Å². The van der Waals surface area contributed by atoms with Crippen LogP contribution in [0.1, 0.15) is 17.3 Å². The summed E-state index contributed by atoms with van der Waals surface area (Å²) in [6.45, 7) is 7.20. The Morgan fingerprint density at radius 1 is 1.11 bits per heavy atom. The Balaban J connectivity index is 1.69. The number of ether oxygens (including phenoxy) is 1. The van der Waals surface area contributed by atoms with E-state index < -0.39 is 0 Å². The molecule has 4 rings (SSSR count). The van der Waals surface area contributed by atoms with Gasteiger partial charge in [0.25, 0.3) is 0 Å². The van der Waals surface area contributed by atoms with Gasteiger partial charge < -0.3 is 13.8 Å². The number of halogens is 1. The van der Waals surface area contributed by atoms with E-state index in [9.17, 15) is 0 Å². The Kier molecular flexibility index (Phi) is 4.74. The molecule has 0 aliphatic heterocycles. The van der Waals surface area contributed by atoms with Crippen LogP contribution in [0.5, 0.6) is 5.75 Å². The van der Waals surface area contributed by atoms with E-state index in [0.717, 1.165) is 49.7 Å². The minimum atomic E-state index is 0.573. The molecule has 0 atom stereocenters. The first-order valence-electron chi connectivity index (χ1n) is 8.82. The van der Waals surface area contributed by atoms with Crippen LogP contribution in [-0.2, 0) is 6.54 Å². The van der Waals surface area contributed by atoms with E-state index in [4.69, 9.17) is 14.2 Å². The molecule has 2 aromatic heterocycles. The maximum absolute atomic E-state index is 5.87. The van der Waals surface area contributed by atoms with E-state index in [1.165, 1.54) is 0 Å². The number of hydrogen-bond donors (Lipinski definition) is 0. The topological polar surface area (TPSA) is 53.1 Å². The number of fused-ring (bicyclic) bond motifs is 1. The maximum Gasteiger partial charge on any atom is 0.141 e. The van der Waals surface area contributed by atoms with Gasteiger partial charge in [0.05, 0.1) is 17.8 Å². The van der Waals surface area contributed by atoms with Crippen molar-refractivity contribution in [1.29, 1.82) is 0 Å². The summed E-state index contributed by atoms with van der Waals surface area (Å²) < 4.78 is 14.4. The molecule has 0 saturated carbocycles. The molecule has 0 aliphatic rings. The predicted octanol–water partition coefficient (Wildman–Crippen LogP) is 5.46. The highest BCUT2D eigenvalue weighted by Crippen LogP contribution is 2.34. The number of benzene rings is 2. The molecule has 0 aliphatic carbocycles. The Hall–Kier alpha value is -2.60. The van der Waals surface area contributed by atoms with Gasteiger partial charge in [0, 0.05) is 10.0 Å². The van der Waals surface area contributed by atoms with Crippen LogP contribution in [0.25, 0.3) is 22.2 Å². The lowest BCUT2D eigenvalue weighted by Gasteiger charge is -2.10. The summed E-state index contributed by atoms with van der Waals surface area (Å²) in [5, 5.41) is 4.08. The van der Waals surface area contributed by atoms with E-state index in [1.807, 2.05) is 51.1 Å². The molecule has 0 amide bonds. The molecule has 138 valence electrons. The fourth-order valence-electron chi connectivity index (χ4n) is 3.39. The molecule has 0 bridgehead atoms. The molecule has 27 heavy (non-hydrogen) atoms. The molecule has 0 unspecified atom stereocenters. The maximum atomic E-state index is 5.87. The third-order valence-corrected chi connectivity index (χ3v) is 5.25. The van der Waals surface area contributed by atoms with Gasteiger partial charge in [-0.15, -0.1) is 0 Å². The Morgan fingerprint density at radius 2 is 1.89 bits per heavy atom. The number of para-hydroxylation sites is 1. The summed E-state index contributed by atoms with van der Waals surface area (Å²) in [5.41, 5.74) is 4.99. The lowest BCUT2D eigenvalue weighted by atomic mass is 10.0. The highest BCUT2D eigenvalue weighted by molar-refractivity contribution is 9.10. The number of aromatic nitrogens is 3. The molecule has 4 aromatic rings. The first-order valence-corrected chi connectivity index (χ1v) is 9.61. The van der Waals surface area contributed by atoms with Crippen LogP contribution in [0.3, 0.4) is 0 Å². The predicted molar refractivity (Wildman–Crippen MR) is 109 cm³/mol. The van der Waals surface area contributed by atoms with Crippen molar-refractivity contribution in [2.45, 2.75) is 27.3 Å². The van der Waals surface area contributed by atoms with E-state index in [-0.39, 0.29) is 0 Å². The van der Waals surface area contributed by atoms with Gasteiger partial charge in [-0.3, -0.25) is 0 Å². The minimum Gasteiger partial charge on any atom is -0.492 e. The van der Waals surface area contributed by atoms with Crippen LogP contribution in [0.4, 0.5) is 0 Å². The standard InChI is InChI=1S/C21H20BrN3O2/c1-13-20(14(2)27-24-13)16-11-18(22)21-19(12-16)25(15(3)23-21)9-10-26-17-7-5-4-6-8-17/h4-8,11-12H,9-10H2,1-3H3. The molecule has 0 saturated heterocycles. The second-order valence-corrected chi connectivity index (χ2v) is 7.35. The second kappa shape index (κ2) is 7.19. The monoisotopic (exact) mass is 425 g/mol. The molecular formula is C21H20BrN3O2. The van der Waals surface area contributed by atoms with Crippen molar-refractivity contribution in [2.75, 3.05) is 6.61 Å². The van der Waals surface area contributed by atoms with Crippen LogP contribution >= 0.6 is 15.9 Å². The largest absolute Gasteiger partial charge is 0.492 e.